The SMILES string of the molecule is CCOC(CC)C(NC)c1cc(OC)ccc1OC. The van der Waals surface area contributed by atoms with Gasteiger partial charge in [0, 0.05) is 12.2 Å². The van der Waals surface area contributed by atoms with Gasteiger partial charge < -0.3 is 19.5 Å². The Balaban J connectivity index is 3.13. The number of methoxy groups -OCH3 is 2. The maximum Gasteiger partial charge on any atom is 0.124 e. The fraction of sp³-hybridized carbons (Fsp3) is 0.600. The minimum atomic E-state index is 0.0787. The van der Waals surface area contributed by atoms with E-state index in [-0.39, 0.29) is 12.1 Å². The lowest BCUT2D eigenvalue weighted by atomic mass is 9.98. The predicted octanol–water partition coefficient (Wildman–Crippen LogP) is 2.78. The van der Waals surface area contributed by atoms with Crippen LogP contribution >= 0.6 is 0 Å². The second kappa shape index (κ2) is 8.02. The van der Waals surface area contributed by atoms with Crippen LogP contribution in [-0.4, -0.2) is 34.0 Å². The van der Waals surface area contributed by atoms with Crippen molar-refractivity contribution < 1.29 is 14.2 Å². The van der Waals surface area contributed by atoms with Gasteiger partial charge in [-0.05, 0) is 38.6 Å². The summed E-state index contributed by atoms with van der Waals surface area (Å²) in [5.41, 5.74) is 1.06. The van der Waals surface area contributed by atoms with Gasteiger partial charge >= 0.3 is 0 Å². The Morgan fingerprint density at radius 2 is 1.89 bits per heavy atom. The number of ether oxygens (including phenoxy) is 3. The second-order valence-corrected chi connectivity index (χ2v) is 4.28. The number of rotatable bonds is 8. The first-order valence-corrected chi connectivity index (χ1v) is 6.72. The molecule has 0 heterocycles. The Morgan fingerprint density at radius 1 is 1.16 bits per heavy atom. The van der Waals surface area contributed by atoms with E-state index in [9.17, 15) is 0 Å². The van der Waals surface area contributed by atoms with E-state index in [0.717, 1.165) is 23.5 Å². The molecule has 0 saturated carbocycles. The van der Waals surface area contributed by atoms with Crippen LogP contribution in [0.3, 0.4) is 0 Å². The van der Waals surface area contributed by atoms with Crippen LogP contribution in [0.5, 0.6) is 11.5 Å². The largest absolute Gasteiger partial charge is 0.497 e. The van der Waals surface area contributed by atoms with E-state index in [0.29, 0.717) is 6.61 Å². The highest BCUT2D eigenvalue weighted by atomic mass is 16.5. The van der Waals surface area contributed by atoms with Crippen LogP contribution in [0.1, 0.15) is 31.9 Å². The maximum absolute atomic E-state index is 5.81. The van der Waals surface area contributed by atoms with Gasteiger partial charge in [0.2, 0.25) is 0 Å². The lowest BCUT2D eigenvalue weighted by Gasteiger charge is -2.27. The number of nitrogens with one attached hydrogen (secondary N) is 1. The van der Waals surface area contributed by atoms with E-state index in [4.69, 9.17) is 14.2 Å². The molecule has 0 aliphatic heterocycles. The second-order valence-electron chi connectivity index (χ2n) is 4.28. The van der Waals surface area contributed by atoms with Crippen LogP contribution in [0.25, 0.3) is 0 Å². The van der Waals surface area contributed by atoms with Crippen molar-refractivity contribution >= 4 is 0 Å². The van der Waals surface area contributed by atoms with Crippen molar-refractivity contribution in [1.82, 2.24) is 5.32 Å². The Bertz CT molecular complexity index is 382. The molecule has 4 nitrogen and oxygen atoms in total. The zero-order chi connectivity index (χ0) is 14.3. The first-order valence-electron chi connectivity index (χ1n) is 6.72. The van der Waals surface area contributed by atoms with Crippen molar-refractivity contribution in [3.8, 4) is 11.5 Å². The van der Waals surface area contributed by atoms with E-state index in [1.54, 1.807) is 14.2 Å². The minimum Gasteiger partial charge on any atom is -0.497 e. The molecule has 0 aromatic heterocycles. The van der Waals surface area contributed by atoms with E-state index >= 15 is 0 Å². The molecule has 0 bridgehead atoms. The van der Waals surface area contributed by atoms with Gasteiger partial charge in [0.25, 0.3) is 0 Å². The molecule has 1 aromatic carbocycles. The third-order valence-electron chi connectivity index (χ3n) is 3.24. The average molecular weight is 267 g/mol. The molecule has 0 saturated heterocycles. The number of hydrogen-bond donors (Lipinski definition) is 1. The Morgan fingerprint density at radius 3 is 2.37 bits per heavy atom. The molecule has 4 heteroatoms. The maximum atomic E-state index is 5.81. The van der Waals surface area contributed by atoms with Gasteiger partial charge in [-0.25, -0.2) is 0 Å². The summed E-state index contributed by atoms with van der Waals surface area (Å²) in [5, 5.41) is 3.32. The molecular weight excluding hydrogens is 242 g/mol. The van der Waals surface area contributed by atoms with Crippen LogP contribution in [0, 0.1) is 0 Å². The van der Waals surface area contributed by atoms with Gasteiger partial charge in [-0.2, -0.15) is 0 Å². The van der Waals surface area contributed by atoms with E-state index in [1.165, 1.54) is 0 Å². The summed E-state index contributed by atoms with van der Waals surface area (Å²) in [4.78, 5) is 0. The van der Waals surface area contributed by atoms with Gasteiger partial charge in [0.05, 0.1) is 26.4 Å². The molecule has 0 amide bonds. The van der Waals surface area contributed by atoms with E-state index < -0.39 is 0 Å². The molecule has 19 heavy (non-hydrogen) atoms. The molecule has 0 fully saturated rings. The van der Waals surface area contributed by atoms with Crippen LogP contribution in [-0.2, 0) is 4.74 Å². The average Bonchev–Trinajstić information content (AvgIpc) is 2.46. The molecule has 0 aliphatic rings. The summed E-state index contributed by atoms with van der Waals surface area (Å²) < 4.78 is 16.6. The normalized spacial score (nSPS) is 13.9. The van der Waals surface area contributed by atoms with Crippen molar-refractivity contribution in [3.63, 3.8) is 0 Å². The first-order chi connectivity index (χ1) is 9.21. The zero-order valence-corrected chi connectivity index (χ0v) is 12.5. The Labute approximate surface area is 116 Å². The zero-order valence-electron chi connectivity index (χ0n) is 12.5. The molecule has 0 radical (unpaired) electrons. The molecule has 1 aromatic rings. The molecule has 0 spiro atoms. The predicted molar refractivity (Wildman–Crippen MR) is 77.1 cm³/mol. The van der Waals surface area contributed by atoms with Gasteiger partial charge in [-0.15, -0.1) is 0 Å². The van der Waals surface area contributed by atoms with Crippen LogP contribution < -0.4 is 14.8 Å². The fourth-order valence-electron chi connectivity index (χ4n) is 2.29. The first kappa shape index (κ1) is 15.8. The molecular formula is C15H25NO3. The van der Waals surface area contributed by atoms with Crippen LogP contribution in [0.4, 0.5) is 0 Å². The Hall–Kier alpha value is -1.26. The van der Waals surface area contributed by atoms with Crippen molar-refractivity contribution in [1.29, 1.82) is 0 Å². The lowest BCUT2D eigenvalue weighted by Crippen LogP contribution is -2.31. The van der Waals surface area contributed by atoms with Gasteiger partial charge in [-0.1, -0.05) is 6.92 Å². The van der Waals surface area contributed by atoms with Gasteiger partial charge in [0.1, 0.15) is 11.5 Å². The summed E-state index contributed by atoms with van der Waals surface area (Å²) in [6.45, 7) is 4.83. The number of likely N-dealkylation sites (N-methyl/N-ethyl adjacent to an activating group) is 1. The quantitative estimate of drug-likeness (QED) is 0.786. The van der Waals surface area contributed by atoms with Crippen molar-refractivity contribution in [2.75, 3.05) is 27.9 Å². The molecule has 0 aliphatic carbocycles. The lowest BCUT2D eigenvalue weighted by molar-refractivity contribution is 0.0327. The van der Waals surface area contributed by atoms with Gasteiger partial charge in [-0.3, -0.25) is 0 Å². The monoisotopic (exact) mass is 267 g/mol. The summed E-state index contributed by atoms with van der Waals surface area (Å²) in [6, 6.07) is 5.91. The molecule has 1 N–H and O–H groups in total. The Kier molecular flexibility index (Phi) is 6.67. The third kappa shape index (κ3) is 3.85. The minimum absolute atomic E-state index is 0.0787. The molecule has 2 atom stereocenters. The standard InChI is InChI=1S/C15H25NO3/c1-6-13(19-7-2)15(16-3)12-10-11(17-4)8-9-14(12)18-5/h8-10,13,15-16H,6-7H2,1-5H3. The smallest absolute Gasteiger partial charge is 0.124 e. The molecule has 1 rings (SSSR count). The van der Waals surface area contributed by atoms with Gasteiger partial charge in [0.15, 0.2) is 0 Å². The van der Waals surface area contributed by atoms with Crippen molar-refractivity contribution in [2.24, 2.45) is 0 Å². The van der Waals surface area contributed by atoms with E-state index in [2.05, 4.69) is 12.2 Å². The summed E-state index contributed by atoms with van der Waals surface area (Å²) in [6.07, 6.45) is 1.04. The fourth-order valence-corrected chi connectivity index (χ4v) is 2.29. The summed E-state index contributed by atoms with van der Waals surface area (Å²) >= 11 is 0. The molecule has 2 unspecified atom stereocenters. The number of hydrogen-bond acceptors (Lipinski definition) is 4. The molecule has 108 valence electrons. The highest BCUT2D eigenvalue weighted by molar-refractivity contribution is 5.42. The summed E-state index contributed by atoms with van der Waals surface area (Å²) in [7, 11) is 5.28. The van der Waals surface area contributed by atoms with Crippen molar-refractivity contribution in [2.45, 2.75) is 32.4 Å². The third-order valence-corrected chi connectivity index (χ3v) is 3.24. The van der Waals surface area contributed by atoms with Crippen LogP contribution in [0.15, 0.2) is 18.2 Å². The highest BCUT2D eigenvalue weighted by Gasteiger charge is 2.24. The number of benzene rings is 1. The highest BCUT2D eigenvalue weighted by Crippen LogP contribution is 2.32. The van der Waals surface area contributed by atoms with Crippen molar-refractivity contribution in [3.05, 3.63) is 23.8 Å². The topological polar surface area (TPSA) is 39.7 Å². The van der Waals surface area contributed by atoms with Crippen LogP contribution in [0.2, 0.25) is 0 Å². The summed E-state index contributed by atoms with van der Waals surface area (Å²) in [5.74, 6) is 1.67. The van der Waals surface area contributed by atoms with E-state index in [1.807, 2.05) is 32.2 Å².